The normalized spacial score (nSPS) is 12.4. The first-order valence-corrected chi connectivity index (χ1v) is 7.54. The molecule has 0 radical (unpaired) electrons. The summed E-state index contributed by atoms with van der Waals surface area (Å²) in [5, 5.41) is 3.25. The van der Waals surface area contributed by atoms with Gasteiger partial charge in [0.05, 0.1) is 4.47 Å². The highest BCUT2D eigenvalue weighted by molar-refractivity contribution is 9.10. The van der Waals surface area contributed by atoms with E-state index in [2.05, 4.69) is 52.4 Å². The van der Waals surface area contributed by atoms with E-state index < -0.39 is 0 Å². The summed E-state index contributed by atoms with van der Waals surface area (Å²) < 4.78 is 13.8. The number of hydrogen-bond acceptors (Lipinski definition) is 1. The van der Waals surface area contributed by atoms with Crippen molar-refractivity contribution in [2.24, 2.45) is 0 Å². The molecule has 1 nitrogen and oxygen atoms in total. The van der Waals surface area contributed by atoms with Gasteiger partial charge in [0.2, 0.25) is 0 Å². The van der Waals surface area contributed by atoms with Crippen molar-refractivity contribution in [2.45, 2.75) is 19.3 Å². The molecule has 1 N–H and O–H groups in total. The van der Waals surface area contributed by atoms with Gasteiger partial charge in [-0.1, -0.05) is 35.9 Å². The van der Waals surface area contributed by atoms with Crippen LogP contribution in [0.25, 0.3) is 0 Å². The fourth-order valence-electron chi connectivity index (χ4n) is 2.43. The predicted octanol–water partition coefficient (Wildman–Crippen LogP) is 4.44. The van der Waals surface area contributed by atoms with Crippen molar-refractivity contribution in [1.82, 2.24) is 5.32 Å². The minimum atomic E-state index is -0.213. The summed E-state index contributed by atoms with van der Waals surface area (Å²) in [6, 6.07) is 13.8. The molecule has 0 aliphatic rings. The van der Waals surface area contributed by atoms with Crippen LogP contribution < -0.4 is 5.32 Å². The van der Waals surface area contributed by atoms with E-state index in [9.17, 15) is 4.39 Å². The highest BCUT2D eigenvalue weighted by Crippen LogP contribution is 2.24. The standard InChI is InChI=1S/C17H19BrFN/c1-12-4-3-5-14(8-12)15(11-20-2)9-13-6-7-17(19)16(18)10-13/h3-8,10,15,20H,9,11H2,1-2H3. The lowest BCUT2D eigenvalue weighted by molar-refractivity contribution is 0.611. The Bertz CT molecular complexity index is 583. The zero-order valence-corrected chi connectivity index (χ0v) is 13.4. The third-order valence-electron chi connectivity index (χ3n) is 3.43. The molecule has 0 amide bonds. The molecule has 2 rings (SSSR count). The van der Waals surface area contributed by atoms with Crippen molar-refractivity contribution >= 4 is 15.9 Å². The van der Waals surface area contributed by atoms with E-state index in [-0.39, 0.29) is 5.82 Å². The van der Waals surface area contributed by atoms with Gasteiger partial charge in [-0.05, 0) is 59.6 Å². The molecule has 0 heterocycles. The average molecular weight is 336 g/mol. The number of rotatable bonds is 5. The summed E-state index contributed by atoms with van der Waals surface area (Å²) in [4.78, 5) is 0. The minimum absolute atomic E-state index is 0.213. The van der Waals surface area contributed by atoms with Crippen LogP contribution in [0.2, 0.25) is 0 Å². The first-order valence-electron chi connectivity index (χ1n) is 6.75. The largest absolute Gasteiger partial charge is 0.319 e. The molecule has 3 heteroatoms. The molecule has 0 aliphatic heterocycles. The number of hydrogen-bond donors (Lipinski definition) is 1. The van der Waals surface area contributed by atoms with Gasteiger partial charge in [0.1, 0.15) is 5.82 Å². The quantitative estimate of drug-likeness (QED) is 0.851. The lowest BCUT2D eigenvalue weighted by Crippen LogP contribution is -2.19. The number of benzene rings is 2. The third kappa shape index (κ3) is 3.90. The first-order chi connectivity index (χ1) is 9.60. The maximum absolute atomic E-state index is 13.3. The Balaban J connectivity index is 2.22. The van der Waals surface area contributed by atoms with Gasteiger partial charge in [-0.2, -0.15) is 0 Å². The van der Waals surface area contributed by atoms with E-state index in [0.717, 1.165) is 18.5 Å². The van der Waals surface area contributed by atoms with Crippen molar-refractivity contribution in [1.29, 1.82) is 0 Å². The molecule has 20 heavy (non-hydrogen) atoms. The summed E-state index contributed by atoms with van der Waals surface area (Å²) >= 11 is 3.25. The van der Waals surface area contributed by atoms with Crippen LogP contribution in [0.5, 0.6) is 0 Å². The third-order valence-corrected chi connectivity index (χ3v) is 4.04. The van der Waals surface area contributed by atoms with E-state index in [1.807, 2.05) is 19.2 Å². The smallest absolute Gasteiger partial charge is 0.137 e. The SMILES string of the molecule is CNCC(Cc1ccc(F)c(Br)c1)c1cccc(C)c1. The van der Waals surface area contributed by atoms with E-state index in [0.29, 0.717) is 10.4 Å². The van der Waals surface area contributed by atoms with Crippen LogP contribution in [0, 0.1) is 12.7 Å². The van der Waals surface area contributed by atoms with Crippen LogP contribution in [0.1, 0.15) is 22.6 Å². The fourth-order valence-corrected chi connectivity index (χ4v) is 2.86. The number of aryl methyl sites for hydroxylation is 1. The average Bonchev–Trinajstić information content (AvgIpc) is 2.42. The molecule has 1 unspecified atom stereocenters. The van der Waals surface area contributed by atoms with Crippen LogP contribution in [0.15, 0.2) is 46.9 Å². The molecule has 0 spiro atoms. The van der Waals surface area contributed by atoms with E-state index >= 15 is 0 Å². The van der Waals surface area contributed by atoms with Gasteiger partial charge in [-0.3, -0.25) is 0 Å². The second kappa shape index (κ2) is 7.00. The number of halogens is 2. The molecule has 0 saturated carbocycles. The number of likely N-dealkylation sites (N-methyl/N-ethyl adjacent to an activating group) is 1. The highest BCUT2D eigenvalue weighted by atomic mass is 79.9. The van der Waals surface area contributed by atoms with Crippen LogP contribution >= 0.6 is 15.9 Å². The Hall–Kier alpha value is -1.19. The Morgan fingerprint density at radius 3 is 2.65 bits per heavy atom. The van der Waals surface area contributed by atoms with E-state index in [4.69, 9.17) is 0 Å². The molecule has 1 atom stereocenters. The topological polar surface area (TPSA) is 12.0 Å². The molecule has 0 aromatic heterocycles. The number of nitrogens with one attached hydrogen (secondary N) is 1. The zero-order valence-electron chi connectivity index (χ0n) is 11.8. The van der Waals surface area contributed by atoms with E-state index in [1.54, 1.807) is 0 Å². The van der Waals surface area contributed by atoms with E-state index in [1.165, 1.54) is 17.2 Å². The Morgan fingerprint density at radius 1 is 1.20 bits per heavy atom. The Kier molecular flexibility index (Phi) is 5.32. The van der Waals surface area contributed by atoms with Crippen molar-refractivity contribution in [2.75, 3.05) is 13.6 Å². The first kappa shape index (κ1) is 15.2. The van der Waals surface area contributed by atoms with Crippen LogP contribution in [0.4, 0.5) is 4.39 Å². The molecule has 0 saturated heterocycles. The van der Waals surface area contributed by atoms with Gasteiger partial charge in [0, 0.05) is 12.5 Å². The Labute approximate surface area is 128 Å². The summed E-state index contributed by atoms with van der Waals surface area (Å²) in [6.07, 6.45) is 0.892. The summed E-state index contributed by atoms with van der Waals surface area (Å²) in [5.74, 6) is 0.173. The van der Waals surface area contributed by atoms with Crippen molar-refractivity contribution < 1.29 is 4.39 Å². The van der Waals surface area contributed by atoms with Gasteiger partial charge < -0.3 is 5.32 Å². The van der Waals surface area contributed by atoms with Gasteiger partial charge >= 0.3 is 0 Å². The van der Waals surface area contributed by atoms with Gasteiger partial charge in [0.15, 0.2) is 0 Å². The van der Waals surface area contributed by atoms with Crippen LogP contribution in [-0.4, -0.2) is 13.6 Å². The molecule has 0 bridgehead atoms. The van der Waals surface area contributed by atoms with Gasteiger partial charge in [-0.25, -0.2) is 4.39 Å². The predicted molar refractivity (Wildman–Crippen MR) is 85.7 cm³/mol. The summed E-state index contributed by atoms with van der Waals surface area (Å²) in [7, 11) is 1.96. The molecular weight excluding hydrogens is 317 g/mol. The molecule has 2 aromatic rings. The summed E-state index contributed by atoms with van der Waals surface area (Å²) in [5.41, 5.74) is 3.73. The zero-order chi connectivity index (χ0) is 14.5. The maximum atomic E-state index is 13.3. The lowest BCUT2D eigenvalue weighted by atomic mass is 9.91. The van der Waals surface area contributed by atoms with Crippen molar-refractivity contribution in [3.8, 4) is 0 Å². The Morgan fingerprint density at radius 2 is 2.00 bits per heavy atom. The van der Waals surface area contributed by atoms with Crippen LogP contribution in [0.3, 0.4) is 0 Å². The van der Waals surface area contributed by atoms with Crippen LogP contribution in [-0.2, 0) is 6.42 Å². The molecule has 0 fully saturated rings. The van der Waals surface area contributed by atoms with Gasteiger partial charge in [0.25, 0.3) is 0 Å². The monoisotopic (exact) mass is 335 g/mol. The molecule has 2 aromatic carbocycles. The maximum Gasteiger partial charge on any atom is 0.137 e. The molecule has 0 aliphatic carbocycles. The summed E-state index contributed by atoms with van der Waals surface area (Å²) in [6.45, 7) is 3.01. The molecular formula is C17H19BrFN. The minimum Gasteiger partial charge on any atom is -0.319 e. The fraction of sp³-hybridized carbons (Fsp3) is 0.294. The van der Waals surface area contributed by atoms with Gasteiger partial charge in [-0.15, -0.1) is 0 Å². The van der Waals surface area contributed by atoms with Crippen molar-refractivity contribution in [3.05, 3.63) is 69.4 Å². The lowest BCUT2D eigenvalue weighted by Gasteiger charge is -2.18. The highest BCUT2D eigenvalue weighted by Gasteiger charge is 2.13. The van der Waals surface area contributed by atoms with Crippen molar-refractivity contribution in [3.63, 3.8) is 0 Å². The second-order valence-corrected chi connectivity index (χ2v) is 5.98. The molecule has 106 valence electrons. The second-order valence-electron chi connectivity index (χ2n) is 5.12.